The van der Waals surface area contributed by atoms with Crippen LogP contribution in [-0.2, 0) is 18.4 Å². The molecule has 0 radical (unpaired) electrons. The lowest BCUT2D eigenvalue weighted by atomic mass is 10.0. The number of rotatable bonds is 5. The van der Waals surface area contributed by atoms with Crippen molar-refractivity contribution in [2.75, 3.05) is 11.9 Å². The number of aryl methyl sites for hydroxylation is 2. The van der Waals surface area contributed by atoms with Gasteiger partial charge in [0.25, 0.3) is 0 Å². The van der Waals surface area contributed by atoms with E-state index in [1.54, 1.807) is 6.20 Å². The second-order valence-corrected chi connectivity index (χ2v) is 7.52. The van der Waals surface area contributed by atoms with Gasteiger partial charge in [0.05, 0.1) is 12.6 Å². The van der Waals surface area contributed by atoms with Crippen LogP contribution in [0.1, 0.15) is 24.2 Å². The van der Waals surface area contributed by atoms with Crippen LogP contribution >= 0.6 is 0 Å². The average molecular weight is 374 g/mol. The molecule has 5 heteroatoms. The van der Waals surface area contributed by atoms with Crippen LogP contribution in [0.4, 0.5) is 5.69 Å². The minimum Gasteiger partial charge on any atom is -0.337 e. The molecule has 1 N–H and O–H groups in total. The fraction of sp³-hybridized carbons (Fsp3) is 0.304. The molecule has 3 aromatic rings. The molecule has 2 heterocycles. The van der Waals surface area contributed by atoms with Gasteiger partial charge in [0.15, 0.2) is 0 Å². The SMILES string of the molecule is Cc1cccc(-c2cccc(NC(=O)C3CCCN3Cc3nccn3C)c2)c1. The summed E-state index contributed by atoms with van der Waals surface area (Å²) in [5.74, 6) is 1.05. The predicted octanol–water partition coefficient (Wildman–Crippen LogP) is 4.00. The van der Waals surface area contributed by atoms with Crippen LogP contribution in [0.2, 0.25) is 0 Å². The van der Waals surface area contributed by atoms with E-state index < -0.39 is 0 Å². The third-order valence-electron chi connectivity index (χ3n) is 5.41. The first kappa shape index (κ1) is 18.4. The summed E-state index contributed by atoms with van der Waals surface area (Å²) < 4.78 is 2.01. The Kier molecular flexibility index (Phi) is 5.26. The van der Waals surface area contributed by atoms with Crippen molar-refractivity contribution < 1.29 is 4.79 Å². The molecule has 5 nitrogen and oxygen atoms in total. The Morgan fingerprint density at radius 2 is 1.96 bits per heavy atom. The number of nitrogens with one attached hydrogen (secondary N) is 1. The molecule has 1 aliphatic rings. The number of hydrogen-bond acceptors (Lipinski definition) is 3. The highest BCUT2D eigenvalue weighted by atomic mass is 16.2. The molecule has 144 valence electrons. The Bertz CT molecular complexity index is 978. The first-order valence-electron chi connectivity index (χ1n) is 9.78. The zero-order chi connectivity index (χ0) is 19.5. The molecular weight excluding hydrogens is 348 g/mol. The van der Waals surface area contributed by atoms with Gasteiger partial charge in [-0.3, -0.25) is 9.69 Å². The van der Waals surface area contributed by atoms with Crippen LogP contribution in [0.15, 0.2) is 60.9 Å². The number of benzene rings is 2. The van der Waals surface area contributed by atoms with Crippen molar-refractivity contribution in [1.29, 1.82) is 0 Å². The van der Waals surface area contributed by atoms with Gasteiger partial charge in [0.1, 0.15) is 5.82 Å². The minimum atomic E-state index is -0.112. The van der Waals surface area contributed by atoms with E-state index >= 15 is 0 Å². The lowest BCUT2D eigenvalue weighted by Crippen LogP contribution is -2.39. The molecule has 28 heavy (non-hydrogen) atoms. The normalized spacial score (nSPS) is 17.0. The van der Waals surface area contributed by atoms with Gasteiger partial charge in [0.2, 0.25) is 5.91 Å². The number of nitrogens with zero attached hydrogens (tertiary/aromatic N) is 3. The Morgan fingerprint density at radius 1 is 1.18 bits per heavy atom. The smallest absolute Gasteiger partial charge is 0.241 e. The number of imidazole rings is 1. The van der Waals surface area contributed by atoms with Gasteiger partial charge >= 0.3 is 0 Å². The predicted molar refractivity (Wildman–Crippen MR) is 112 cm³/mol. The molecule has 0 bridgehead atoms. The monoisotopic (exact) mass is 374 g/mol. The third kappa shape index (κ3) is 3.99. The first-order valence-corrected chi connectivity index (χ1v) is 9.78. The van der Waals surface area contributed by atoms with Crippen LogP contribution in [0.3, 0.4) is 0 Å². The summed E-state index contributed by atoms with van der Waals surface area (Å²) in [6.07, 6.45) is 5.66. The van der Waals surface area contributed by atoms with Crippen LogP contribution < -0.4 is 5.32 Å². The molecule has 1 saturated heterocycles. The van der Waals surface area contributed by atoms with E-state index in [9.17, 15) is 4.79 Å². The number of hydrogen-bond donors (Lipinski definition) is 1. The van der Waals surface area contributed by atoms with Crippen molar-refractivity contribution in [3.05, 3.63) is 72.3 Å². The highest BCUT2D eigenvalue weighted by Gasteiger charge is 2.31. The summed E-state index contributed by atoms with van der Waals surface area (Å²) in [4.78, 5) is 19.6. The van der Waals surface area contributed by atoms with E-state index in [-0.39, 0.29) is 11.9 Å². The van der Waals surface area contributed by atoms with E-state index in [0.29, 0.717) is 6.54 Å². The van der Waals surface area contributed by atoms with Crippen molar-refractivity contribution in [2.24, 2.45) is 7.05 Å². The van der Waals surface area contributed by atoms with Crippen LogP contribution in [0.5, 0.6) is 0 Å². The maximum absolute atomic E-state index is 13.0. The summed E-state index contributed by atoms with van der Waals surface area (Å²) in [5, 5.41) is 3.13. The lowest BCUT2D eigenvalue weighted by Gasteiger charge is -2.23. The first-order chi connectivity index (χ1) is 13.6. The van der Waals surface area contributed by atoms with Crippen molar-refractivity contribution in [3.63, 3.8) is 0 Å². The number of anilines is 1. The Labute approximate surface area is 166 Å². The summed E-state index contributed by atoms with van der Waals surface area (Å²) in [6.45, 7) is 3.71. The lowest BCUT2D eigenvalue weighted by molar-refractivity contribution is -0.120. The van der Waals surface area contributed by atoms with Gasteiger partial charge in [-0.2, -0.15) is 0 Å². The van der Waals surface area contributed by atoms with E-state index in [0.717, 1.165) is 42.0 Å². The number of carbonyl (C=O) groups excluding carboxylic acids is 1. The molecule has 1 atom stereocenters. The van der Waals surface area contributed by atoms with Gasteiger partial charge in [-0.15, -0.1) is 0 Å². The summed E-state index contributed by atoms with van der Waals surface area (Å²) in [5.41, 5.74) is 4.34. The topological polar surface area (TPSA) is 50.2 Å². The van der Waals surface area contributed by atoms with E-state index in [1.165, 1.54) is 5.56 Å². The van der Waals surface area contributed by atoms with Crippen molar-refractivity contribution in [3.8, 4) is 11.1 Å². The quantitative estimate of drug-likeness (QED) is 0.734. The molecule has 1 aliphatic heterocycles. The van der Waals surface area contributed by atoms with E-state index in [4.69, 9.17) is 0 Å². The zero-order valence-corrected chi connectivity index (χ0v) is 16.4. The Balaban J connectivity index is 1.47. The van der Waals surface area contributed by atoms with Crippen molar-refractivity contribution in [2.45, 2.75) is 32.4 Å². The standard InChI is InChI=1S/C23H26N4O/c1-17-6-3-7-18(14-17)19-8-4-9-20(15-19)25-23(28)21-10-5-12-27(21)16-22-24-11-13-26(22)2/h3-4,6-9,11,13-15,21H,5,10,12,16H2,1-2H3,(H,25,28). The molecule has 0 spiro atoms. The molecular formula is C23H26N4O. The highest BCUT2D eigenvalue weighted by Crippen LogP contribution is 2.25. The van der Waals surface area contributed by atoms with Crippen molar-refractivity contribution in [1.82, 2.24) is 14.5 Å². The summed E-state index contributed by atoms with van der Waals surface area (Å²) in [6, 6.07) is 16.4. The summed E-state index contributed by atoms with van der Waals surface area (Å²) in [7, 11) is 1.99. The molecule has 0 saturated carbocycles. The molecule has 1 fully saturated rings. The van der Waals surface area contributed by atoms with E-state index in [2.05, 4.69) is 52.5 Å². The van der Waals surface area contributed by atoms with Crippen LogP contribution in [-0.4, -0.2) is 32.9 Å². The number of likely N-dealkylation sites (tertiary alicyclic amines) is 1. The average Bonchev–Trinajstić information content (AvgIpc) is 3.32. The summed E-state index contributed by atoms with van der Waals surface area (Å²) >= 11 is 0. The number of carbonyl (C=O) groups is 1. The molecule has 1 amide bonds. The third-order valence-corrected chi connectivity index (χ3v) is 5.41. The molecule has 2 aromatic carbocycles. The maximum atomic E-state index is 13.0. The molecule has 1 unspecified atom stereocenters. The number of amides is 1. The van der Waals surface area contributed by atoms with Gasteiger partial charge in [-0.25, -0.2) is 4.98 Å². The van der Waals surface area contributed by atoms with Gasteiger partial charge in [0, 0.05) is 25.1 Å². The van der Waals surface area contributed by atoms with Gasteiger partial charge in [-0.05, 0) is 49.6 Å². The fourth-order valence-corrected chi connectivity index (χ4v) is 3.87. The Hall–Kier alpha value is -2.92. The van der Waals surface area contributed by atoms with Gasteiger partial charge in [-0.1, -0.05) is 42.0 Å². The minimum absolute atomic E-state index is 0.0631. The largest absolute Gasteiger partial charge is 0.337 e. The fourth-order valence-electron chi connectivity index (χ4n) is 3.87. The van der Waals surface area contributed by atoms with Gasteiger partial charge < -0.3 is 9.88 Å². The van der Waals surface area contributed by atoms with Crippen molar-refractivity contribution >= 4 is 11.6 Å². The molecule has 1 aromatic heterocycles. The van der Waals surface area contributed by atoms with Crippen LogP contribution in [0.25, 0.3) is 11.1 Å². The zero-order valence-electron chi connectivity index (χ0n) is 16.4. The van der Waals surface area contributed by atoms with E-state index in [1.807, 2.05) is 36.0 Å². The second kappa shape index (κ2) is 7.98. The molecule has 0 aliphatic carbocycles. The Morgan fingerprint density at radius 3 is 2.71 bits per heavy atom. The maximum Gasteiger partial charge on any atom is 0.241 e. The molecule has 4 rings (SSSR count). The second-order valence-electron chi connectivity index (χ2n) is 7.52. The highest BCUT2D eigenvalue weighted by molar-refractivity contribution is 5.95. The van der Waals surface area contributed by atoms with Crippen LogP contribution in [0, 0.1) is 6.92 Å². The number of aromatic nitrogens is 2.